The maximum atomic E-state index is 12.2. The van der Waals surface area contributed by atoms with E-state index >= 15 is 0 Å². The van der Waals surface area contributed by atoms with E-state index in [1.165, 1.54) is 12.1 Å². The van der Waals surface area contributed by atoms with E-state index in [1.54, 1.807) is 31.2 Å². The van der Waals surface area contributed by atoms with Crippen molar-refractivity contribution in [3.8, 4) is 11.5 Å². The lowest BCUT2D eigenvalue weighted by Gasteiger charge is -2.24. The molecule has 26 heavy (non-hydrogen) atoms. The van der Waals surface area contributed by atoms with Crippen LogP contribution in [0, 0.1) is 10.1 Å². The summed E-state index contributed by atoms with van der Waals surface area (Å²) in [6.07, 6.45) is -0.846. The molecule has 1 heterocycles. The van der Waals surface area contributed by atoms with E-state index in [-0.39, 0.29) is 17.3 Å². The second kappa shape index (κ2) is 7.40. The van der Waals surface area contributed by atoms with Crippen molar-refractivity contribution >= 4 is 28.9 Å². The number of carbonyl (C=O) groups is 1. The second-order valence-corrected chi connectivity index (χ2v) is 5.87. The fourth-order valence-electron chi connectivity index (χ4n) is 2.30. The minimum Gasteiger partial charge on any atom is -0.485 e. The van der Waals surface area contributed by atoms with Gasteiger partial charge in [-0.2, -0.15) is 5.10 Å². The van der Waals surface area contributed by atoms with Crippen LogP contribution in [0.3, 0.4) is 0 Å². The Morgan fingerprint density at radius 1 is 1.31 bits per heavy atom. The number of amides is 1. The van der Waals surface area contributed by atoms with Crippen molar-refractivity contribution < 1.29 is 19.2 Å². The molecule has 0 radical (unpaired) electrons. The first-order chi connectivity index (χ1) is 12.5. The Kier molecular flexibility index (Phi) is 5.04. The minimum absolute atomic E-state index is 0.0296. The Hall–Kier alpha value is -3.13. The van der Waals surface area contributed by atoms with Gasteiger partial charge in [-0.05, 0) is 25.1 Å². The Morgan fingerprint density at radius 3 is 2.77 bits per heavy atom. The average Bonchev–Trinajstić information content (AvgIpc) is 2.65. The Labute approximate surface area is 153 Å². The lowest BCUT2D eigenvalue weighted by atomic mass is 10.1. The minimum atomic E-state index is -0.846. The second-order valence-electron chi connectivity index (χ2n) is 5.46. The van der Waals surface area contributed by atoms with Gasteiger partial charge in [0.25, 0.3) is 11.6 Å². The van der Waals surface area contributed by atoms with Crippen molar-refractivity contribution in [2.75, 3.05) is 6.61 Å². The number of nitro groups is 1. The maximum Gasteiger partial charge on any atom is 0.288 e. The fourth-order valence-corrected chi connectivity index (χ4v) is 2.49. The number of rotatable bonds is 4. The first kappa shape index (κ1) is 17.7. The predicted octanol–water partition coefficient (Wildman–Crippen LogP) is 2.93. The van der Waals surface area contributed by atoms with Crippen LogP contribution in [-0.4, -0.2) is 29.3 Å². The number of hydrogen-bond donors (Lipinski definition) is 1. The molecule has 0 aromatic heterocycles. The van der Waals surface area contributed by atoms with Crippen LogP contribution in [0.1, 0.15) is 12.5 Å². The van der Waals surface area contributed by atoms with Crippen LogP contribution < -0.4 is 14.9 Å². The summed E-state index contributed by atoms with van der Waals surface area (Å²) in [5.74, 6) is 0.569. The van der Waals surface area contributed by atoms with Crippen LogP contribution in [0.5, 0.6) is 11.5 Å². The number of para-hydroxylation sites is 2. The molecule has 0 saturated heterocycles. The number of nitrogens with zero attached hydrogens (tertiary/aromatic N) is 2. The van der Waals surface area contributed by atoms with Crippen molar-refractivity contribution in [1.29, 1.82) is 0 Å². The van der Waals surface area contributed by atoms with Gasteiger partial charge in [-0.15, -0.1) is 0 Å². The van der Waals surface area contributed by atoms with Gasteiger partial charge >= 0.3 is 0 Å². The molecule has 134 valence electrons. The quantitative estimate of drug-likeness (QED) is 0.502. The third-order valence-corrected chi connectivity index (χ3v) is 4.02. The monoisotopic (exact) mass is 375 g/mol. The van der Waals surface area contributed by atoms with Crippen molar-refractivity contribution in [2.45, 2.75) is 13.0 Å². The van der Waals surface area contributed by atoms with Crippen molar-refractivity contribution in [1.82, 2.24) is 5.43 Å². The largest absolute Gasteiger partial charge is 0.485 e. The SMILES string of the molecule is C/C(=N/NC(=O)[C@H]1COc2ccccc2O1)c1ccc(Cl)c([N+](=O)[O-])c1. The average molecular weight is 376 g/mol. The summed E-state index contributed by atoms with van der Waals surface area (Å²) >= 11 is 5.78. The Morgan fingerprint density at radius 2 is 2.04 bits per heavy atom. The third kappa shape index (κ3) is 3.75. The molecule has 0 fully saturated rings. The zero-order valence-corrected chi connectivity index (χ0v) is 14.4. The zero-order chi connectivity index (χ0) is 18.7. The van der Waals surface area contributed by atoms with Crippen LogP contribution in [0.4, 0.5) is 5.69 Å². The first-order valence-electron chi connectivity index (χ1n) is 7.62. The molecule has 0 unspecified atom stereocenters. The van der Waals surface area contributed by atoms with E-state index in [4.69, 9.17) is 21.1 Å². The molecule has 8 nitrogen and oxygen atoms in total. The van der Waals surface area contributed by atoms with Gasteiger partial charge in [-0.1, -0.05) is 29.8 Å². The highest BCUT2D eigenvalue weighted by atomic mass is 35.5. The van der Waals surface area contributed by atoms with Gasteiger partial charge in [0.2, 0.25) is 6.10 Å². The van der Waals surface area contributed by atoms with Gasteiger partial charge in [0.1, 0.15) is 11.6 Å². The summed E-state index contributed by atoms with van der Waals surface area (Å²) in [5.41, 5.74) is 3.00. The van der Waals surface area contributed by atoms with Crippen LogP contribution in [0.15, 0.2) is 47.6 Å². The molecule has 1 aliphatic rings. The molecule has 3 rings (SSSR count). The fraction of sp³-hybridized carbons (Fsp3) is 0.176. The van der Waals surface area contributed by atoms with E-state index < -0.39 is 16.9 Å². The normalized spacial score (nSPS) is 16.1. The van der Waals surface area contributed by atoms with Crippen molar-refractivity contribution in [2.24, 2.45) is 5.10 Å². The molecular formula is C17H14ClN3O5. The van der Waals surface area contributed by atoms with Gasteiger partial charge < -0.3 is 9.47 Å². The number of halogens is 1. The summed E-state index contributed by atoms with van der Waals surface area (Å²) in [6, 6.07) is 11.3. The van der Waals surface area contributed by atoms with Gasteiger partial charge in [0, 0.05) is 11.6 Å². The van der Waals surface area contributed by atoms with Crippen molar-refractivity contribution in [3.05, 3.63) is 63.2 Å². The number of nitro benzene ring substituents is 1. The number of carbonyl (C=O) groups excluding carboxylic acids is 1. The highest BCUT2D eigenvalue weighted by molar-refractivity contribution is 6.32. The number of hydrogen-bond acceptors (Lipinski definition) is 6. The first-order valence-corrected chi connectivity index (χ1v) is 8.00. The topological polar surface area (TPSA) is 103 Å². The van der Waals surface area contributed by atoms with Crippen LogP contribution in [0.2, 0.25) is 5.02 Å². The van der Waals surface area contributed by atoms with Crippen molar-refractivity contribution in [3.63, 3.8) is 0 Å². The Bertz CT molecular complexity index is 900. The third-order valence-electron chi connectivity index (χ3n) is 3.70. The number of hydrazone groups is 1. The number of ether oxygens (including phenoxy) is 2. The molecular weight excluding hydrogens is 362 g/mol. The van der Waals surface area contributed by atoms with Crippen LogP contribution in [-0.2, 0) is 4.79 Å². The summed E-state index contributed by atoms with van der Waals surface area (Å²) in [7, 11) is 0. The van der Waals surface area contributed by atoms with Gasteiger partial charge in [0.15, 0.2) is 11.5 Å². The molecule has 0 bridgehead atoms. The number of nitrogens with one attached hydrogen (secondary N) is 1. The molecule has 1 atom stereocenters. The smallest absolute Gasteiger partial charge is 0.288 e. The summed E-state index contributed by atoms with van der Waals surface area (Å²) < 4.78 is 11.1. The molecule has 9 heteroatoms. The number of fused-ring (bicyclic) bond motifs is 1. The standard InChI is InChI=1S/C17H14ClN3O5/c1-10(11-6-7-12(18)13(8-11)21(23)24)19-20-17(22)16-9-25-14-4-2-3-5-15(14)26-16/h2-8,16H,9H2,1H3,(H,20,22)/b19-10-/t16-/m1/s1. The van der Waals surface area contributed by atoms with Gasteiger partial charge in [0.05, 0.1) is 10.6 Å². The van der Waals surface area contributed by atoms with Gasteiger partial charge in [-0.25, -0.2) is 5.43 Å². The predicted molar refractivity (Wildman–Crippen MR) is 94.8 cm³/mol. The highest BCUT2D eigenvalue weighted by Crippen LogP contribution is 2.30. The Balaban J connectivity index is 1.69. The summed E-state index contributed by atoms with van der Waals surface area (Å²) in [5, 5.41) is 15.0. The number of benzene rings is 2. The molecule has 0 spiro atoms. The lowest BCUT2D eigenvalue weighted by molar-refractivity contribution is -0.384. The zero-order valence-electron chi connectivity index (χ0n) is 13.6. The van der Waals surface area contributed by atoms with E-state index in [9.17, 15) is 14.9 Å². The van der Waals surface area contributed by atoms with Crippen LogP contribution in [0.25, 0.3) is 0 Å². The molecule has 2 aromatic carbocycles. The molecule has 0 aliphatic carbocycles. The van der Waals surface area contributed by atoms with Gasteiger partial charge in [-0.3, -0.25) is 14.9 Å². The molecule has 2 aromatic rings. The molecule has 1 amide bonds. The lowest BCUT2D eigenvalue weighted by Crippen LogP contribution is -2.42. The van der Waals surface area contributed by atoms with Crippen LogP contribution >= 0.6 is 11.6 Å². The van der Waals surface area contributed by atoms with E-state index in [1.807, 2.05) is 6.07 Å². The highest BCUT2D eigenvalue weighted by Gasteiger charge is 2.27. The van der Waals surface area contributed by atoms with E-state index in [2.05, 4.69) is 10.5 Å². The van der Waals surface area contributed by atoms with E-state index in [0.717, 1.165) is 0 Å². The maximum absolute atomic E-state index is 12.2. The van der Waals surface area contributed by atoms with E-state index in [0.29, 0.717) is 22.8 Å². The summed E-state index contributed by atoms with van der Waals surface area (Å²) in [6.45, 7) is 1.67. The molecule has 1 aliphatic heterocycles. The molecule has 1 N–H and O–H groups in total. The summed E-state index contributed by atoms with van der Waals surface area (Å²) in [4.78, 5) is 22.6. The molecule has 0 saturated carbocycles.